The monoisotopic (exact) mass is 512 g/mol. The van der Waals surface area contributed by atoms with Gasteiger partial charge in [0.15, 0.2) is 0 Å². The summed E-state index contributed by atoms with van der Waals surface area (Å²) in [6, 6.07) is 0. The number of hydrogen-bond acceptors (Lipinski definition) is 2. The third-order valence-electron chi connectivity index (χ3n) is 6.19. The van der Waals surface area contributed by atoms with Gasteiger partial charge in [0.1, 0.15) is 0 Å². The van der Waals surface area contributed by atoms with Crippen LogP contribution < -0.4 is 0 Å². The molecule has 0 aliphatic heterocycles. The first-order valence-electron chi connectivity index (χ1n) is 15.0. The second-order valence-corrected chi connectivity index (χ2v) is 9.79. The maximum absolute atomic E-state index is 10.5. The Hall–Kier alpha value is -2.13. The smallest absolute Gasteiger partial charge is 0.303 e. The minimum Gasteiger partial charge on any atom is -0.481 e. The van der Waals surface area contributed by atoms with Crippen molar-refractivity contribution >= 4 is 5.97 Å². The van der Waals surface area contributed by atoms with Crippen LogP contribution in [0.1, 0.15) is 129 Å². The first-order chi connectivity index (χ1) is 18.2. The van der Waals surface area contributed by atoms with Crippen molar-refractivity contribution in [1.29, 1.82) is 0 Å². The summed E-state index contributed by atoms with van der Waals surface area (Å²) in [6.07, 6.45) is 46.2. The molecule has 0 aliphatic carbocycles. The van der Waals surface area contributed by atoms with Gasteiger partial charge in [-0.15, -0.1) is 0 Å². The van der Waals surface area contributed by atoms with Gasteiger partial charge in [0, 0.05) is 6.42 Å². The van der Waals surface area contributed by atoms with Crippen LogP contribution in [-0.2, 0) is 4.79 Å². The molecule has 0 bridgehead atoms. The van der Waals surface area contributed by atoms with Gasteiger partial charge in [0.2, 0.25) is 0 Å². The van der Waals surface area contributed by atoms with Gasteiger partial charge in [-0.1, -0.05) is 144 Å². The molecule has 0 amide bonds. The normalized spacial score (nSPS) is 13.6. The van der Waals surface area contributed by atoms with Crippen molar-refractivity contribution in [3.63, 3.8) is 0 Å². The van der Waals surface area contributed by atoms with Crippen molar-refractivity contribution in [2.75, 3.05) is 0 Å². The van der Waals surface area contributed by atoms with Crippen LogP contribution in [0.5, 0.6) is 0 Å². The van der Waals surface area contributed by atoms with Crippen molar-refractivity contribution in [1.82, 2.24) is 0 Å². The summed E-state index contributed by atoms with van der Waals surface area (Å²) in [6.45, 7) is 2.09. The van der Waals surface area contributed by atoms with Gasteiger partial charge in [-0.05, 0) is 51.4 Å². The molecule has 0 aliphatic rings. The van der Waals surface area contributed by atoms with Crippen LogP contribution in [-0.4, -0.2) is 22.3 Å². The molecule has 0 aromatic heterocycles. The van der Waals surface area contributed by atoms with E-state index in [1.807, 2.05) is 24.3 Å². The van der Waals surface area contributed by atoms with E-state index in [0.29, 0.717) is 12.8 Å². The summed E-state index contributed by atoms with van der Waals surface area (Å²) in [7, 11) is 0. The number of carboxylic acids is 1. The molecule has 0 heterocycles. The molecule has 210 valence electrons. The maximum atomic E-state index is 10.5. The number of aliphatic hydroxyl groups is 1. The van der Waals surface area contributed by atoms with E-state index in [4.69, 9.17) is 5.11 Å². The lowest BCUT2D eigenvalue weighted by molar-refractivity contribution is -0.137. The molecule has 0 aromatic rings. The zero-order valence-electron chi connectivity index (χ0n) is 23.7. The third-order valence-corrected chi connectivity index (χ3v) is 6.19. The van der Waals surface area contributed by atoms with Crippen molar-refractivity contribution in [2.24, 2.45) is 0 Å². The highest BCUT2D eigenvalue weighted by Gasteiger charge is 1.97. The highest BCUT2D eigenvalue weighted by atomic mass is 16.4. The second-order valence-electron chi connectivity index (χ2n) is 9.79. The molecule has 0 saturated heterocycles. The number of carboxylic acid groups (broad SMARTS) is 1. The number of rotatable bonds is 26. The van der Waals surface area contributed by atoms with Gasteiger partial charge in [-0.2, -0.15) is 0 Å². The van der Waals surface area contributed by atoms with Crippen LogP contribution in [0.4, 0.5) is 0 Å². The van der Waals surface area contributed by atoms with Crippen LogP contribution >= 0.6 is 0 Å². The van der Waals surface area contributed by atoms with Gasteiger partial charge in [-0.3, -0.25) is 4.79 Å². The summed E-state index contributed by atoms with van der Waals surface area (Å²) in [5.74, 6) is -0.665. The van der Waals surface area contributed by atoms with Gasteiger partial charge >= 0.3 is 5.97 Å². The predicted octanol–water partition coefficient (Wildman–Crippen LogP) is 10.2. The predicted molar refractivity (Wildman–Crippen MR) is 162 cm³/mol. The second kappa shape index (κ2) is 30.1. The van der Waals surface area contributed by atoms with E-state index in [1.54, 1.807) is 0 Å². The lowest BCUT2D eigenvalue weighted by Crippen LogP contribution is -1.98. The lowest BCUT2D eigenvalue weighted by atomic mass is 10.0. The standard InChI is InChI=1S/C34H56O3/c1-2-3-27-30-33(35)31-28-25-23-21-19-17-15-13-11-9-7-5-4-6-8-10-12-14-16-18-20-22-24-26-29-32-34(36)37/h3,5,7,11,13,17,19,23,25,27-28,31,33,35H,2,4,6,8-10,12,14-16,18,20-22,24,26,29-30,32H2,1H3,(H,36,37)/b7-5?,13-11?,19-17?,25-23?,27-3-,31-28?. The van der Waals surface area contributed by atoms with E-state index in [-0.39, 0.29) is 0 Å². The maximum Gasteiger partial charge on any atom is 0.303 e. The Bertz CT molecular complexity index is 667. The van der Waals surface area contributed by atoms with E-state index in [2.05, 4.69) is 55.5 Å². The fourth-order valence-corrected chi connectivity index (χ4v) is 3.97. The first kappa shape index (κ1) is 34.9. The van der Waals surface area contributed by atoms with Crippen LogP contribution in [0.3, 0.4) is 0 Å². The van der Waals surface area contributed by atoms with Gasteiger partial charge in [-0.25, -0.2) is 0 Å². The van der Waals surface area contributed by atoms with E-state index in [0.717, 1.165) is 38.5 Å². The van der Waals surface area contributed by atoms with Gasteiger partial charge < -0.3 is 10.2 Å². The number of unbranched alkanes of at least 4 members (excludes halogenated alkanes) is 12. The third kappa shape index (κ3) is 31.8. The van der Waals surface area contributed by atoms with E-state index >= 15 is 0 Å². The zero-order chi connectivity index (χ0) is 27.1. The van der Waals surface area contributed by atoms with Gasteiger partial charge in [0.05, 0.1) is 6.10 Å². The van der Waals surface area contributed by atoms with Crippen LogP contribution in [0.2, 0.25) is 0 Å². The molecule has 0 radical (unpaired) electrons. The SMILES string of the molecule is CC/C=C\CC(O)C=CC=CCC=CCC=CCC=CCCCCCCCCCCCCCCC(=O)O. The molecule has 37 heavy (non-hydrogen) atoms. The minimum absolute atomic E-state index is 0.328. The Labute approximate surface area is 228 Å². The fourth-order valence-electron chi connectivity index (χ4n) is 3.97. The molecule has 1 unspecified atom stereocenters. The number of hydrogen-bond donors (Lipinski definition) is 2. The number of aliphatic carboxylic acids is 1. The summed E-state index contributed by atoms with van der Waals surface area (Å²) in [5, 5.41) is 18.4. The molecule has 3 heteroatoms. The van der Waals surface area contributed by atoms with E-state index in [9.17, 15) is 9.90 Å². The van der Waals surface area contributed by atoms with Crippen molar-refractivity contribution in [2.45, 2.75) is 135 Å². The van der Waals surface area contributed by atoms with Crippen molar-refractivity contribution in [3.05, 3.63) is 72.9 Å². The summed E-state index contributed by atoms with van der Waals surface area (Å²) < 4.78 is 0. The zero-order valence-corrected chi connectivity index (χ0v) is 23.7. The molecular weight excluding hydrogens is 456 g/mol. The Morgan fingerprint density at radius 1 is 0.595 bits per heavy atom. The Morgan fingerprint density at radius 3 is 1.62 bits per heavy atom. The lowest BCUT2D eigenvalue weighted by Gasteiger charge is -2.02. The van der Waals surface area contributed by atoms with Gasteiger partial charge in [0.25, 0.3) is 0 Å². The Kier molecular flexibility index (Phi) is 28.4. The van der Waals surface area contributed by atoms with E-state index < -0.39 is 12.1 Å². The van der Waals surface area contributed by atoms with Crippen molar-refractivity contribution in [3.8, 4) is 0 Å². The average Bonchev–Trinajstić information content (AvgIpc) is 2.88. The highest BCUT2D eigenvalue weighted by molar-refractivity contribution is 5.66. The molecular formula is C34H56O3. The molecule has 3 nitrogen and oxygen atoms in total. The largest absolute Gasteiger partial charge is 0.481 e. The van der Waals surface area contributed by atoms with Crippen LogP contribution in [0.25, 0.3) is 0 Å². The Morgan fingerprint density at radius 2 is 1.08 bits per heavy atom. The topological polar surface area (TPSA) is 57.5 Å². The Balaban J connectivity index is 3.41. The minimum atomic E-state index is -0.665. The molecule has 0 rings (SSSR count). The molecule has 1 atom stereocenters. The first-order valence-corrected chi connectivity index (χ1v) is 15.0. The summed E-state index contributed by atoms with van der Waals surface area (Å²) in [5.41, 5.74) is 0. The fraction of sp³-hybridized carbons (Fsp3) is 0.618. The van der Waals surface area contributed by atoms with Crippen molar-refractivity contribution < 1.29 is 15.0 Å². The molecule has 0 spiro atoms. The average molecular weight is 513 g/mol. The molecule has 2 N–H and O–H groups in total. The molecule has 0 aromatic carbocycles. The van der Waals surface area contributed by atoms with Crippen LogP contribution in [0.15, 0.2) is 72.9 Å². The number of aliphatic hydroxyl groups excluding tert-OH is 1. The number of carbonyl (C=O) groups is 1. The molecule has 0 saturated carbocycles. The molecule has 0 fully saturated rings. The van der Waals surface area contributed by atoms with E-state index in [1.165, 1.54) is 70.6 Å². The summed E-state index contributed by atoms with van der Waals surface area (Å²) >= 11 is 0. The van der Waals surface area contributed by atoms with Crippen LogP contribution in [0, 0.1) is 0 Å². The highest BCUT2D eigenvalue weighted by Crippen LogP contribution is 2.13. The number of allylic oxidation sites excluding steroid dienone is 10. The quantitative estimate of drug-likeness (QED) is 0.0688. The summed E-state index contributed by atoms with van der Waals surface area (Å²) in [4.78, 5) is 10.5.